The normalized spacial score (nSPS) is 19.9. The van der Waals surface area contributed by atoms with E-state index in [1.165, 1.54) is 0 Å². The summed E-state index contributed by atoms with van der Waals surface area (Å²) in [7, 11) is 3.51. The summed E-state index contributed by atoms with van der Waals surface area (Å²) in [6.07, 6.45) is 4.93. The van der Waals surface area contributed by atoms with Gasteiger partial charge in [0, 0.05) is 50.4 Å². The molecule has 0 bridgehead atoms. The Morgan fingerprint density at radius 2 is 1.97 bits per heavy atom. The molecular weight excluding hydrogens is 476 g/mol. The van der Waals surface area contributed by atoms with Gasteiger partial charge in [0.15, 0.2) is 11.6 Å². The molecule has 3 aromatic heterocycles. The lowest BCUT2D eigenvalue weighted by atomic mass is 10.1. The first-order valence-corrected chi connectivity index (χ1v) is 12.6. The largest absolute Gasteiger partial charge is 0.489 e. The molecule has 1 saturated carbocycles. The zero-order chi connectivity index (χ0) is 26.3. The number of carbonyl (C=O) groups excluding carboxylic acids is 2. The fourth-order valence-electron chi connectivity index (χ4n) is 4.57. The third-order valence-electron chi connectivity index (χ3n) is 6.63. The highest BCUT2D eigenvalue weighted by Crippen LogP contribution is 2.33. The molecule has 1 aliphatic heterocycles. The van der Waals surface area contributed by atoms with Gasteiger partial charge in [0.2, 0.25) is 5.91 Å². The summed E-state index contributed by atoms with van der Waals surface area (Å²) in [6.45, 7) is 6.86. The van der Waals surface area contributed by atoms with Crippen molar-refractivity contribution in [3.05, 3.63) is 30.6 Å². The molecule has 11 nitrogen and oxygen atoms in total. The lowest BCUT2D eigenvalue weighted by Crippen LogP contribution is -2.36. The first kappa shape index (κ1) is 25.1. The highest BCUT2D eigenvalue weighted by atomic mass is 16.6. The SMILES string of the molecule is CO[C@@H]1CN(C(=O)OC(C)(C)C)C[C@H]1COc1cnn(C)c1-c1ccn2nc(NC(=O)C3CC3)cc2c1. The number of aromatic nitrogens is 4. The highest BCUT2D eigenvalue weighted by Gasteiger charge is 2.38. The minimum absolute atomic E-state index is 0.0134. The number of hydrogen-bond acceptors (Lipinski definition) is 7. The molecule has 198 valence electrons. The second-order valence-electron chi connectivity index (χ2n) is 10.8. The third-order valence-corrected chi connectivity index (χ3v) is 6.63. The van der Waals surface area contributed by atoms with Crippen LogP contribution in [-0.2, 0) is 21.3 Å². The molecule has 5 rings (SSSR count). The number of amides is 2. The van der Waals surface area contributed by atoms with E-state index in [1.54, 1.807) is 27.4 Å². The van der Waals surface area contributed by atoms with Crippen LogP contribution in [-0.4, -0.2) is 74.8 Å². The molecule has 1 saturated heterocycles. The summed E-state index contributed by atoms with van der Waals surface area (Å²) in [5, 5.41) is 11.8. The monoisotopic (exact) mass is 510 g/mol. The average molecular weight is 511 g/mol. The number of likely N-dealkylation sites (tertiary alicyclic amines) is 1. The Balaban J connectivity index is 1.29. The van der Waals surface area contributed by atoms with Gasteiger partial charge >= 0.3 is 6.09 Å². The van der Waals surface area contributed by atoms with Crippen LogP contribution in [0.1, 0.15) is 33.6 Å². The molecule has 0 unspecified atom stereocenters. The quantitative estimate of drug-likeness (QED) is 0.519. The van der Waals surface area contributed by atoms with Crippen molar-refractivity contribution in [1.82, 2.24) is 24.3 Å². The molecule has 1 aliphatic carbocycles. The number of carbonyl (C=O) groups is 2. The van der Waals surface area contributed by atoms with Crippen LogP contribution in [0.15, 0.2) is 30.6 Å². The first-order chi connectivity index (χ1) is 17.6. The maximum atomic E-state index is 12.6. The molecule has 0 radical (unpaired) electrons. The van der Waals surface area contributed by atoms with Crippen molar-refractivity contribution >= 4 is 23.3 Å². The van der Waals surface area contributed by atoms with Gasteiger partial charge < -0.3 is 24.4 Å². The van der Waals surface area contributed by atoms with Gasteiger partial charge in [-0.25, -0.2) is 9.31 Å². The number of fused-ring (bicyclic) bond motifs is 1. The van der Waals surface area contributed by atoms with Gasteiger partial charge in [-0.1, -0.05) is 0 Å². The molecular formula is C26H34N6O5. The van der Waals surface area contributed by atoms with Crippen LogP contribution in [0.25, 0.3) is 16.8 Å². The standard InChI is InChI=1S/C26H34N6O5/c1-26(2,3)37-25(34)31-13-18(21(14-31)35-5)15-36-20-12-27-30(4)23(20)17-8-9-32-19(10-17)11-22(29-32)28-24(33)16-6-7-16/h8-12,16,18,21H,6-7,13-15H2,1-5H3,(H,28,29,33)/t18-,21+/m0/s1. The first-order valence-electron chi connectivity index (χ1n) is 12.6. The molecule has 3 aromatic rings. The maximum absolute atomic E-state index is 12.6. The second kappa shape index (κ2) is 9.70. The van der Waals surface area contributed by atoms with Crippen LogP contribution < -0.4 is 10.1 Å². The van der Waals surface area contributed by atoms with Gasteiger partial charge in [0.25, 0.3) is 0 Å². The van der Waals surface area contributed by atoms with E-state index in [2.05, 4.69) is 15.5 Å². The van der Waals surface area contributed by atoms with Gasteiger partial charge in [0.05, 0.1) is 31.0 Å². The van der Waals surface area contributed by atoms with E-state index in [0.29, 0.717) is 31.3 Å². The molecule has 0 spiro atoms. The number of pyridine rings is 1. The summed E-state index contributed by atoms with van der Waals surface area (Å²) in [5.41, 5.74) is 2.02. The Morgan fingerprint density at radius 1 is 1.19 bits per heavy atom. The van der Waals surface area contributed by atoms with E-state index in [1.807, 2.05) is 52.2 Å². The molecule has 4 heterocycles. The highest BCUT2D eigenvalue weighted by molar-refractivity contribution is 5.93. The maximum Gasteiger partial charge on any atom is 0.410 e. The van der Waals surface area contributed by atoms with Gasteiger partial charge in [-0.3, -0.25) is 9.48 Å². The Kier molecular flexibility index (Phi) is 6.57. The third kappa shape index (κ3) is 5.56. The van der Waals surface area contributed by atoms with Crippen molar-refractivity contribution in [3.8, 4) is 17.0 Å². The minimum Gasteiger partial charge on any atom is -0.489 e. The van der Waals surface area contributed by atoms with Gasteiger partial charge in [-0.15, -0.1) is 0 Å². The van der Waals surface area contributed by atoms with E-state index in [4.69, 9.17) is 14.2 Å². The fraction of sp³-hybridized carbons (Fsp3) is 0.538. The van der Waals surface area contributed by atoms with Crippen molar-refractivity contribution in [2.24, 2.45) is 18.9 Å². The van der Waals surface area contributed by atoms with E-state index < -0.39 is 5.60 Å². The Hall–Kier alpha value is -3.60. The summed E-state index contributed by atoms with van der Waals surface area (Å²) >= 11 is 0. The molecule has 2 aliphatic rings. The Morgan fingerprint density at radius 3 is 2.68 bits per heavy atom. The molecule has 2 fully saturated rings. The zero-order valence-electron chi connectivity index (χ0n) is 21.9. The smallest absolute Gasteiger partial charge is 0.410 e. The van der Waals surface area contributed by atoms with Crippen LogP contribution in [0.4, 0.5) is 10.6 Å². The van der Waals surface area contributed by atoms with Crippen LogP contribution in [0.3, 0.4) is 0 Å². The van der Waals surface area contributed by atoms with Crippen molar-refractivity contribution in [1.29, 1.82) is 0 Å². The van der Waals surface area contributed by atoms with Crippen LogP contribution in [0.2, 0.25) is 0 Å². The molecule has 1 N–H and O–H groups in total. The average Bonchev–Trinajstić information content (AvgIpc) is 3.33. The number of anilines is 1. The number of rotatable bonds is 7. The predicted molar refractivity (Wildman–Crippen MR) is 136 cm³/mol. The van der Waals surface area contributed by atoms with Gasteiger partial charge in [0.1, 0.15) is 11.3 Å². The number of ether oxygens (including phenoxy) is 3. The van der Waals surface area contributed by atoms with Crippen LogP contribution >= 0.6 is 0 Å². The van der Waals surface area contributed by atoms with Crippen LogP contribution in [0, 0.1) is 11.8 Å². The summed E-state index contributed by atoms with van der Waals surface area (Å²) in [6, 6.07) is 5.78. The Bertz CT molecular complexity index is 1300. The van der Waals surface area contributed by atoms with Gasteiger partial charge in [-0.05, 0) is 45.7 Å². The topological polar surface area (TPSA) is 112 Å². The summed E-state index contributed by atoms with van der Waals surface area (Å²) in [4.78, 5) is 26.3. The van der Waals surface area contributed by atoms with Crippen molar-refractivity contribution in [3.63, 3.8) is 0 Å². The van der Waals surface area contributed by atoms with E-state index >= 15 is 0 Å². The van der Waals surface area contributed by atoms with E-state index in [0.717, 1.165) is 29.6 Å². The minimum atomic E-state index is -0.557. The lowest BCUT2D eigenvalue weighted by Gasteiger charge is -2.24. The second-order valence-corrected chi connectivity index (χ2v) is 10.8. The number of aryl methyl sites for hydroxylation is 1. The molecule has 2 amide bonds. The summed E-state index contributed by atoms with van der Waals surface area (Å²) < 4.78 is 20.9. The zero-order valence-corrected chi connectivity index (χ0v) is 21.9. The van der Waals surface area contributed by atoms with Crippen molar-refractivity contribution < 1.29 is 23.8 Å². The number of nitrogens with zero attached hydrogens (tertiary/aromatic N) is 5. The number of hydrogen-bond donors (Lipinski definition) is 1. The fourth-order valence-corrected chi connectivity index (χ4v) is 4.57. The summed E-state index contributed by atoms with van der Waals surface area (Å²) in [5.74, 6) is 1.30. The van der Waals surface area contributed by atoms with E-state index in [9.17, 15) is 9.59 Å². The van der Waals surface area contributed by atoms with Crippen LogP contribution in [0.5, 0.6) is 5.75 Å². The number of methoxy groups -OCH3 is 1. The number of nitrogens with one attached hydrogen (secondary N) is 1. The van der Waals surface area contributed by atoms with Crippen molar-refractivity contribution in [2.45, 2.75) is 45.3 Å². The predicted octanol–water partition coefficient (Wildman–Crippen LogP) is 3.34. The lowest BCUT2D eigenvalue weighted by molar-refractivity contribution is -0.117. The molecule has 11 heteroatoms. The molecule has 37 heavy (non-hydrogen) atoms. The Labute approximate surface area is 215 Å². The van der Waals surface area contributed by atoms with E-state index in [-0.39, 0.29) is 29.9 Å². The van der Waals surface area contributed by atoms with Crippen molar-refractivity contribution in [2.75, 3.05) is 32.1 Å². The van der Waals surface area contributed by atoms with Gasteiger partial charge in [-0.2, -0.15) is 10.2 Å². The molecule has 0 aromatic carbocycles. The molecule has 2 atom stereocenters.